The summed E-state index contributed by atoms with van der Waals surface area (Å²) in [5.74, 6) is 0.628. The van der Waals surface area contributed by atoms with Gasteiger partial charge in [-0.2, -0.15) is 9.50 Å². The van der Waals surface area contributed by atoms with Crippen LogP contribution in [0.1, 0.15) is 11.3 Å². The fraction of sp³-hybridized carbons (Fsp3) is 0.158. The number of rotatable bonds is 4. The maximum Gasteiger partial charge on any atom is 0.275 e. The molecule has 0 spiro atoms. The molecule has 4 rings (SSSR count). The highest BCUT2D eigenvalue weighted by Crippen LogP contribution is 2.21. The summed E-state index contributed by atoms with van der Waals surface area (Å²) >= 11 is 1.50. The van der Waals surface area contributed by atoms with Crippen LogP contribution in [-0.2, 0) is 11.3 Å². The van der Waals surface area contributed by atoms with Gasteiger partial charge in [0.25, 0.3) is 5.56 Å². The lowest BCUT2D eigenvalue weighted by Crippen LogP contribution is -2.25. The van der Waals surface area contributed by atoms with Gasteiger partial charge in [-0.05, 0) is 36.9 Å². The van der Waals surface area contributed by atoms with Gasteiger partial charge >= 0.3 is 0 Å². The number of nitrogens with one attached hydrogen (secondary N) is 1. The molecule has 0 aliphatic carbocycles. The van der Waals surface area contributed by atoms with Gasteiger partial charge in [0.05, 0.1) is 4.88 Å². The summed E-state index contributed by atoms with van der Waals surface area (Å²) in [5, 5.41) is 9.14. The lowest BCUT2D eigenvalue weighted by Gasteiger charge is -2.12. The van der Waals surface area contributed by atoms with Gasteiger partial charge in [-0.15, -0.1) is 16.4 Å². The lowest BCUT2D eigenvalue weighted by atomic mass is 10.2. The quantitative estimate of drug-likeness (QED) is 0.591. The zero-order chi connectivity index (χ0) is 19.0. The van der Waals surface area contributed by atoms with Crippen molar-refractivity contribution in [2.45, 2.75) is 20.4 Å². The van der Waals surface area contributed by atoms with Gasteiger partial charge in [0.2, 0.25) is 11.7 Å². The number of amides is 1. The van der Waals surface area contributed by atoms with Crippen LogP contribution in [0.15, 0.2) is 52.6 Å². The molecule has 4 aromatic rings. The molecule has 0 bridgehead atoms. The monoisotopic (exact) mass is 379 g/mol. The molecule has 0 aliphatic heterocycles. The van der Waals surface area contributed by atoms with E-state index in [2.05, 4.69) is 15.4 Å². The molecule has 0 unspecified atom stereocenters. The first-order valence-corrected chi connectivity index (χ1v) is 9.27. The molecule has 1 amide bonds. The van der Waals surface area contributed by atoms with E-state index in [1.807, 2.05) is 48.7 Å². The SMILES string of the molecule is Cc1ccccc1NC(=O)Cn1c(C)cc(=O)n2nc(-c3cccs3)nc12. The lowest BCUT2D eigenvalue weighted by molar-refractivity contribution is -0.116. The summed E-state index contributed by atoms with van der Waals surface area (Å²) in [6, 6.07) is 12.8. The third kappa shape index (κ3) is 3.26. The van der Waals surface area contributed by atoms with Crippen molar-refractivity contribution in [1.29, 1.82) is 0 Å². The third-order valence-corrected chi connectivity index (χ3v) is 5.13. The number of carbonyl (C=O) groups is 1. The first-order valence-electron chi connectivity index (χ1n) is 8.39. The maximum atomic E-state index is 12.6. The second-order valence-electron chi connectivity index (χ2n) is 6.20. The van der Waals surface area contributed by atoms with Gasteiger partial charge in [0.1, 0.15) is 6.54 Å². The Morgan fingerprint density at radius 1 is 1.19 bits per heavy atom. The Morgan fingerprint density at radius 2 is 2.00 bits per heavy atom. The van der Waals surface area contributed by atoms with E-state index in [-0.39, 0.29) is 18.0 Å². The van der Waals surface area contributed by atoms with Crippen molar-refractivity contribution < 1.29 is 4.79 Å². The number of nitrogens with zero attached hydrogens (tertiary/aromatic N) is 4. The van der Waals surface area contributed by atoms with Gasteiger partial charge in [0, 0.05) is 17.4 Å². The second-order valence-corrected chi connectivity index (χ2v) is 7.15. The molecule has 1 aromatic carbocycles. The normalized spacial score (nSPS) is 11.0. The molecule has 0 aliphatic rings. The summed E-state index contributed by atoms with van der Waals surface area (Å²) in [6.45, 7) is 3.75. The molecule has 0 saturated heterocycles. The van der Waals surface area contributed by atoms with Crippen LogP contribution in [0.5, 0.6) is 0 Å². The highest BCUT2D eigenvalue weighted by molar-refractivity contribution is 7.13. The molecular formula is C19H17N5O2S. The Hall–Kier alpha value is -3.26. The Balaban J connectivity index is 1.71. The first-order chi connectivity index (χ1) is 13.0. The number of aryl methyl sites for hydroxylation is 2. The van der Waals surface area contributed by atoms with E-state index in [1.54, 1.807) is 11.5 Å². The van der Waals surface area contributed by atoms with Gasteiger partial charge in [0.15, 0.2) is 5.82 Å². The summed E-state index contributed by atoms with van der Waals surface area (Å²) in [7, 11) is 0. The van der Waals surface area contributed by atoms with Crippen molar-refractivity contribution in [3.05, 3.63) is 69.5 Å². The van der Waals surface area contributed by atoms with Crippen molar-refractivity contribution >= 4 is 28.7 Å². The number of benzene rings is 1. The molecule has 3 heterocycles. The summed E-state index contributed by atoms with van der Waals surface area (Å²) in [6.07, 6.45) is 0. The molecule has 3 aromatic heterocycles. The summed E-state index contributed by atoms with van der Waals surface area (Å²) in [5.41, 5.74) is 2.12. The number of anilines is 1. The zero-order valence-corrected chi connectivity index (χ0v) is 15.7. The molecule has 7 nitrogen and oxygen atoms in total. The number of carbonyl (C=O) groups excluding carboxylic acids is 1. The highest BCUT2D eigenvalue weighted by Gasteiger charge is 2.16. The van der Waals surface area contributed by atoms with E-state index in [4.69, 9.17) is 0 Å². The van der Waals surface area contributed by atoms with Crippen LogP contribution in [0.3, 0.4) is 0 Å². The largest absolute Gasteiger partial charge is 0.324 e. The van der Waals surface area contributed by atoms with Crippen molar-refractivity contribution in [3.63, 3.8) is 0 Å². The highest BCUT2D eigenvalue weighted by atomic mass is 32.1. The Labute approximate surface area is 158 Å². The van der Waals surface area contributed by atoms with E-state index in [0.717, 1.165) is 16.1 Å². The average Bonchev–Trinajstić information content (AvgIpc) is 3.30. The molecule has 27 heavy (non-hydrogen) atoms. The number of hydrogen-bond donors (Lipinski definition) is 1. The van der Waals surface area contributed by atoms with E-state index >= 15 is 0 Å². The Bertz CT molecular complexity index is 1190. The van der Waals surface area contributed by atoms with Crippen LogP contribution < -0.4 is 10.9 Å². The first kappa shape index (κ1) is 17.2. The average molecular weight is 379 g/mol. The van der Waals surface area contributed by atoms with Crippen LogP contribution in [-0.4, -0.2) is 25.1 Å². The van der Waals surface area contributed by atoms with Crippen LogP contribution >= 0.6 is 11.3 Å². The number of para-hydroxylation sites is 1. The molecule has 0 saturated carbocycles. The fourth-order valence-corrected chi connectivity index (χ4v) is 3.51. The zero-order valence-electron chi connectivity index (χ0n) is 14.8. The smallest absolute Gasteiger partial charge is 0.275 e. The van der Waals surface area contributed by atoms with Crippen molar-refractivity contribution in [2.75, 3.05) is 5.32 Å². The molecular weight excluding hydrogens is 362 g/mol. The minimum absolute atomic E-state index is 0.0342. The second kappa shape index (κ2) is 6.81. The van der Waals surface area contributed by atoms with Crippen molar-refractivity contribution in [1.82, 2.24) is 19.2 Å². The van der Waals surface area contributed by atoms with E-state index in [0.29, 0.717) is 17.3 Å². The predicted molar refractivity (Wildman–Crippen MR) is 105 cm³/mol. The summed E-state index contributed by atoms with van der Waals surface area (Å²) < 4.78 is 2.93. The molecule has 0 radical (unpaired) electrons. The number of aromatic nitrogens is 4. The van der Waals surface area contributed by atoms with Crippen molar-refractivity contribution in [2.24, 2.45) is 0 Å². The fourth-order valence-electron chi connectivity index (χ4n) is 2.85. The van der Waals surface area contributed by atoms with E-state index < -0.39 is 0 Å². The van der Waals surface area contributed by atoms with Crippen LogP contribution in [0, 0.1) is 13.8 Å². The predicted octanol–water partition coefficient (Wildman–Crippen LogP) is 2.88. The standard InChI is InChI=1S/C19H17N5O2S/c1-12-6-3-4-7-14(12)20-16(25)11-23-13(2)10-17(26)24-19(23)21-18(22-24)15-8-5-9-27-15/h3-10H,11H2,1-2H3,(H,20,25). The maximum absolute atomic E-state index is 12.6. The van der Waals surface area contributed by atoms with Gasteiger partial charge in [-0.25, -0.2) is 0 Å². The summed E-state index contributed by atoms with van der Waals surface area (Å²) in [4.78, 5) is 30.3. The van der Waals surface area contributed by atoms with E-state index in [9.17, 15) is 9.59 Å². The molecule has 8 heteroatoms. The molecule has 0 fully saturated rings. The Morgan fingerprint density at radius 3 is 2.74 bits per heavy atom. The number of hydrogen-bond acceptors (Lipinski definition) is 5. The van der Waals surface area contributed by atoms with Crippen LogP contribution in [0.4, 0.5) is 5.69 Å². The van der Waals surface area contributed by atoms with Crippen molar-refractivity contribution in [3.8, 4) is 10.7 Å². The topological polar surface area (TPSA) is 81.3 Å². The minimum Gasteiger partial charge on any atom is -0.324 e. The number of thiophene rings is 1. The number of fused-ring (bicyclic) bond motifs is 1. The van der Waals surface area contributed by atoms with Gasteiger partial charge in [-0.3, -0.25) is 9.59 Å². The van der Waals surface area contributed by atoms with E-state index in [1.165, 1.54) is 21.9 Å². The molecule has 1 N–H and O–H groups in total. The van der Waals surface area contributed by atoms with Crippen LogP contribution in [0.25, 0.3) is 16.5 Å². The Kier molecular flexibility index (Phi) is 4.33. The van der Waals surface area contributed by atoms with Gasteiger partial charge in [-0.1, -0.05) is 24.3 Å². The molecule has 0 atom stereocenters. The van der Waals surface area contributed by atoms with Crippen LogP contribution in [0.2, 0.25) is 0 Å². The minimum atomic E-state index is -0.270. The third-order valence-electron chi connectivity index (χ3n) is 4.26. The van der Waals surface area contributed by atoms with Gasteiger partial charge < -0.3 is 9.88 Å². The molecule has 136 valence electrons.